The molecule has 11 aromatic rings. The number of fused-ring (bicyclic) bond motifs is 7. The molecule has 0 bridgehead atoms. The van der Waals surface area contributed by atoms with E-state index in [1.807, 2.05) is 72.8 Å². The number of hydrogen-bond acceptors (Lipinski definition) is 7. The molecule has 0 atom stereocenters. The molecule has 6 nitrogen and oxygen atoms in total. The Labute approximate surface area is 306 Å². The highest BCUT2D eigenvalue weighted by atomic mass is 32.1. The third kappa shape index (κ3) is 5.01. The molecule has 0 fully saturated rings. The molecule has 0 spiro atoms. The van der Waals surface area contributed by atoms with Gasteiger partial charge in [0.05, 0.1) is 10.2 Å². The standard InChI is InChI=1S/C46H26N4O2S/c1-3-10-27(11-4-1)28-18-20-30(21-19-28)46-47-36-25-35-40(26-41(36)53-46)52-38-17-9-15-34(42(35)38)45-49-43(29-12-5-2-6-13-29)48-44(50-45)31-22-23-33-32-14-7-8-16-37(32)51-39(33)24-31/h1-26H. The first kappa shape index (κ1) is 29.7. The van der Waals surface area contributed by atoms with Crippen LogP contribution in [0, 0.1) is 0 Å². The molecule has 4 aromatic heterocycles. The van der Waals surface area contributed by atoms with E-state index in [-0.39, 0.29) is 0 Å². The van der Waals surface area contributed by atoms with Gasteiger partial charge in [0.2, 0.25) is 0 Å². The maximum absolute atomic E-state index is 6.50. The molecule has 53 heavy (non-hydrogen) atoms. The van der Waals surface area contributed by atoms with Crippen molar-refractivity contribution in [1.82, 2.24) is 19.9 Å². The number of nitrogens with zero attached hydrogens (tertiary/aromatic N) is 4. The molecule has 0 saturated heterocycles. The Kier molecular flexibility index (Phi) is 6.62. The first-order valence-corrected chi connectivity index (χ1v) is 18.2. The highest BCUT2D eigenvalue weighted by molar-refractivity contribution is 7.21. The molecule has 7 aromatic carbocycles. The number of thiazole rings is 1. The molecule has 7 heteroatoms. The smallest absolute Gasteiger partial charge is 0.164 e. The van der Waals surface area contributed by atoms with E-state index in [1.165, 1.54) is 11.1 Å². The molecule has 0 unspecified atom stereocenters. The van der Waals surface area contributed by atoms with Crippen molar-refractivity contribution in [3.05, 3.63) is 158 Å². The van der Waals surface area contributed by atoms with E-state index in [4.69, 9.17) is 28.8 Å². The first-order chi connectivity index (χ1) is 26.2. The van der Waals surface area contributed by atoms with Gasteiger partial charge in [-0.15, -0.1) is 11.3 Å². The monoisotopic (exact) mass is 698 g/mol. The van der Waals surface area contributed by atoms with Gasteiger partial charge >= 0.3 is 0 Å². The van der Waals surface area contributed by atoms with Crippen molar-refractivity contribution in [2.45, 2.75) is 0 Å². The van der Waals surface area contributed by atoms with E-state index < -0.39 is 0 Å². The first-order valence-electron chi connectivity index (χ1n) is 17.4. The van der Waals surface area contributed by atoms with Crippen molar-refractivity contribution in [3.63, 3.8) is 0 Å². The summed E-state index contributed by atoms with van der Waals surface area (Å²) < 4.78 is 13.8. The minimum atomic E-state index is 0.560. The van der Waals surface area contributed by atoms with Crippen LogP contribution in [-0.4, -0.2) is 19.9 Å². The highest BCUT2D eigenvalue weighted by Gasteiger charge is 2.20. The third-order valence-corrected chi connectivity index (χ3v) is 10.9. The largest absolute Gasteiger partial charge is 0.456 e. The predicted molar refractivity (Wildman–Crippen MR) is 215 cm³/mol. The number of aromatic nitrogens is 4. The molecule has 0 aliphatic carbocycles. The summed E-state index contributed by atoms with van der Waals surface area (Å²) in [4.78, 5) is 20.3. The quantitative estimate of drug-likeness (QED) is 0.178. The average Bonchev–Trinajstić information content (AvgIpc) is 3.93. The van der Waals surface area contributed by atoms with E-state index in [2.05, 4.69) is 84.9 Å². The van der Waals surface area contributed by atoms with E-state index in [0.717, 1.165) is 81.4 Å². The van der Waals surface area contributed by atoms with Crippen LogP contribution in [0.2, 0.25) is 0 Å². The lowest BCUT2D eigenvalue weighted by Gasteiger charge is -2.09. The van der Waals surface area contributed by atoms with Crippen LogP contribution in [0.1, 0.15) is 0 Å². The summed E-state index contributed by atoms with van der Waals surface area (Å²) in [5.41, 5.74) is 10.2. The summed E-state index contributed by atoms with van der Waals surface area (Å²) in [6.45, 7) is 0. The highest BCUT2D eigenvalue weighted by Crippen LogP contribution is 2.41. The second-order valence-electron chi connectivity index (χ2n) is 13.0. The van der Waals surface area contributed by atoms with Crippen LogP contribution < -0.4 is 0 Å². The van der Waals surface area contributed by atoms with Crippen LogP contribution >= 0.6 is 11.3 Å². The second-order valence-corrected chi connectivity index (χ2v) is 14.1. The summed E-state index contributed by atoms with van der Waals surface area (Å²) in [5.74, 6) is 1.71. The Morgan fingerprint density at radius 1 is 0.377 bits per heavy atom. The van der Waals surface area contributed by atoms with Gasteiger partial charge in [0.25, 0.3) is 0 Å². The minimum Gasteiger partial charge on any atom is -0.456 e. The van der Waals surface area contributed by atoms with Crippen LogP contribution in [0.25, 0.3) is 110 Å². The minimum absolute atomic E-state index is 0.560. The Morgan fingerprint density at radius 2 is 0.981 bits per heavy atom. The molecule has 4 heterocycles. The molecule has 248 valence electrons. The van der Waals surface area contributed by atoms with E-state index in [9.17, 15) is 0 Å². The van der Waals surface area contributed by atoms with Crippen molar-refractivity contribution >= 4 is 65.4 Å². The summed E-state index contributed by atoms with van der Waals surface area (Å²) in [7, 11) is 0. The molecule has 11 rings (SSSR count). The van der Waals surface area contributed by atoms with Crippen molar-refractivity contribution in [3.8, 4) is 55.9 Å². The van der Waals surface area contributed by atoms with Gasteiger partial charge in [-0.2, -0.15) is 0 Å². The molecule has 0 amide bonds. The maximum Gasteiger partial charge on any atom is 0.164 e. The predicted octanol–water partition coefficient (Wildman–Crippen LogP) is 12.6. The van der Waals surface area contributed by atoms with Gasteiger partial charge in [0.15, 0.2) is 17.5 Å². The van der Waals surface area contributed by atoms with E-state index in [1.54, 1.807) is 11.3 Å². The van der Waals surface area contributed by atoms with Crippen molar-refractivity contribution in [1.29, 1.82) is 0 Å². The molecule has 0 radical (unpaired) electrons. The fraction of sp³-hybridized carbons (Fsp3) is 0. The van der Waals surface area contributed by atoms with Gasteiger partial charge in [-0.1, -0.05) is 121 Å². The van der Waals surface area contributed by atoms with E-state index >= 15 is 0 Å². The number of para-hydroxylation sites is 1. The van der Waals surface area contributed by atoms with Gasteiger partial charge in [0.1, 0.15) is 27.3 Å². The Balaban J connectivity index is 1.05. The van der Waals surface area contributed by atoms with Gasteiger partial charge in [-0.05, 0) is 41.5 Å². The zero-order chi connectivity index (χ0) is 34.9. The zero-order valence-electron chi connectivity index (χ0n) is 28.0. The zero-order valence-corrected chi connectivity index (χ0v) is 28.8. The lowest BCUT2D eigenvalue weighted by Crippen LogP contribution is -2.00. The number of furan rings is 2. The van der Waals surface area contributed by atoms with Crippen LogP contribution in [0.5, 0.6) is 0 Å². The lowest BCUT2D eigenvalue weighted by molar-refractivity contribution is 0.669. The molecule has 0 aliphatic heterocycles. The molecule has 0 N–H and O–H groups in total. The summed E-state index contributed by atoms with van der Waals surface area (Å²) >= 11 is 1.67. The van der Waals surface area contributed by atoms with Crippen LogP contribution in [0.3, 0.4) is 0 Å². The Morgan fingerprint density at radius 3 is 1.81 bits per heavy atom. The van der Waals surface area contributed by atoms with Crippen LogP contribution in [0.15, 0.2) is 167 Å². The number of benzene rings is 7. The normalized spacial score (nSPS) is 11.8. The van der Waals surface area contributed by atoms with Gasteiger partial charge in [-0.25, -0.2) is 19.9 Å². The number of rotatable bonds is 5. The Bertz CT molecular complexity index is 3160. The van der Waals surface area contributed by atoms with Gasteiger partial charge in [-0.3, -0.25) is 0 Å². The van der Waals surface area contributed by atoms with E-state index in [0.29, 0.717) is 17.5 Å². The average molecular weight is 699 g/mol. The third-order valence-electron chi connectivity index (χ3n) is 9.79. The molecule has 0 saturated carbocycles. The van der Waals surface area contributed by atoms with Gasteiger partial charge < -0.3 is 8.83 Å². The molecule has 0 aliphatic rings. The fourth-order valence-corrected chi connectivity index (χ4v) is 8.18. The van der Waals surface area contributed by atoms with Crippen molar-refractivity contribution in [2.24, 2.45) is 0 Å². The molecular weight excluding hydrogens is 673 g/mol. The maximum atomic E-state index is 6.50. The Hall–Kier alpha value is -6.96. The summed E-state index contributed by atoms with van der Waals surface area (Å²) in [6.07, 6.45) is 0. The van der Waals surface area contributed by atoms with Crippen LogP contribution in [0.4, 0.5) is 0 Å². The SMILES string of the molecule is c1ccc(-c2ccc(-c3nc4cc5c(cc4s3)oc3cccc(-c4nc(-c6ccccc6)nc(-c6ccc7c(c6)oc6ccccc67)n4)c35)cc2)cc1. The lowest BCUT2D eigenvalue weighted by atomic mass is 10.0. The molecular formula is C46H26N4O2S. The second kappa shape index (κ2) is 11.8. The van der Waals surface area contributed by atoms with Crippen molar-refractivity contribution < 1.29 is 8.83 Å². The van der Waals surface area contributed by atoms with Gasteiger partial charge in [0, 0.05) is 49.9 Å². The summed E-state index contributed by atoms with van der Waals surface area (Å²) in [6, 6.07) is 53.5. The van der Waals surface area contributed by atoms with Crippen LogP contribution in [-0.2, 0) is 0 Å². The number of hydrogen-bond donors (Lipinski definition) is 0. The fourth-order valence-electron chi connectivity index (χ4n) is 7.20. The summed E-state index contributed by atoms with van der Waals surface area (Å²) in [5, 5.41) is 5.00. The topological polar surface area (TPSA) is 77.8 Å². The van der Waals surface area contributed by atoms with Crippen molar-refractivity contribution in [2.75, 3.05) is 0 Å².